The summed E-state index contributed by atoms with van der Waals surface area (Å²) >= 11 is 0. The van der Waals surface area contributed by atoms with Crippen LogP contribution in [0.1, 0.15) is 0 Å². The molecule has 10 heteroatoms. The summed E-state index contributed by atoms with van der Waals surface area (Å²) in [5.74, 6) is -0.181. The van der Waals surface area contributed by atoms with Crippen molar-refractivity contribution in [3.05, 3.63) is 30.1 Å². The molecule has 0 atom stereocenters. The Hall–Kier alpha value is -1.75. The fourth-order valence-electron chi connectivity index (χ4n) is 3.29. The lowest BCUT2D eigenvalue weighted by Gasteiger charge is -2.44. The summed E-state index contributed by atoms with van der Waals surface area (Å²) < 4.78 is 49.4. The van der Waals surface area contributed by atoms with E-state index in [1.165, 1.54) is 34.8 Å². The number of carbonyl (C=O) groups is 1. The van der Waals surface area contributed by atoms with E-state index in [2.05, 4.69) is 4.90 Å². The topological polar surface area (TPSA) is 79.4 Å². The van der Waals surface area contributed by atoms with Gasteiger partial charge in [0, 0.05) is 39.3 Å². The predicted molar refractivity (Wildman–Crippen MR) is 101 cm³/mol. The van der Waals surface area contributed by atoms with Crippen LogP contribution in [-0.2, 0) is 19.6 Å². The van der Waals surface area contributed by atoms with Crippen molar-refractivity contribution in [2.45, 2.75) is 6.04 Å². The number of morpholine rings is 1. The highest BCUT2D eigenvalue weighted by Gasteiger charge is 2.38. The number of hydrogen-bond acceptors (Lipinski definition) is 6. The third-order valence-electron chi connectivity index (χ3n) is 4.96. The highest BCUT2D eigenvalue weighted by molar-refractivity contribution is 7.88. The van der Waals surface area contributed by atoms with Crippen LogP contribution in [0.25, 0.3) is 0 Å². The second-order valence-corrected chi connectivity index (χ2v) is 8.96. The molecule has 0 radical (unpaired) electrons. The minimum atomic E-state index is -3.36. The number of nitrogens with zero attached hydrogens (tertiary/aromatic N) is 3. The molecule has 1 aromatic carbocycles. The molecule has 0 bridgehead atoms. The molecule has 2 heterocycles. The van der Waals surface area contributed by atoms with E-state index in [0.29, 0.717) is 45.1 Å². The monoisotopic (exact) mass is 415 g/mol. The summed E-state index contributed by atoms with van der Waals surface area (Å²) in [6.07, 6.45) is 1.20. The number of rotatable bonds is 8. The van der Waals surface area contributed by atoms with Gasteiger partial charge in [-0.2, -0.15) is 4.31 Å². The Labute approximate surface area is 164 Å². The number of hydrogen-bond donors (Lipinski definition) is 0. The molecular formula is C18H26FN3O5S. The van der Waals surface area contributed by atoms with E-state index in [1.807, 2.05) is 0 Å². The fraction of sp³-hybridized carbons (Fsp3) is 0.611. The summed E-state index contributed by atoms with van der Waals surface area (Å²) in [6, 6.07) is 5.22. The first-order valence-corrected chi connectivity index (χ1v) is 11.1. The summed E-state index contributed by atoms with van der Waals surface area (Å²) in [4.78, 5) is 16.0. The second kappa shape index (κ2) is 9.17. The highest BCUT2D eigenvalue weighted by atomic mass is 32.2. The van der Waals surface area contributed by atoms with Crippen molar-refractivity contribution in [3.8, 4) is 5.75 Å². The number of likely N-dealkylation sites (tertiary alicyclic amines) is 1. The molecule has 0 aromatic heterocycles. The molecule has 2 saturated heterocycles. The first-order valence-electron chi connectivity index (χ1n) is 9.26. The maximum absolute atomic E-state index is 12.9. The van der Waals surface area contributed by atoms with Crippen molar-refractivity contribution in [1.82, 2.24) is 14.1 Å². The second-order valence-electron chi connectivity index (χ2n) is 7.02. The first-order chi connectivity index (χ1) is 13.3. The van der Waals surface area contributed by atoms with Gasteiger partial charge < -0.3 is 14.4 Å². The van der Waals surface area contributed by atoms with Gasteiger partial charge in [-0.3, -0.25) is 9.69 Å². The molecule has 8 nitrogen and oxygen atoms in total. The molecular weight excluding hydrogens is 389 g/mol. The van der Waals surface area contributed by atoms with Gasteiger partial charge >= 0.3 is 0 Å². The molecule has 0 spiro atoms. The molecule has 0 aliphatic carbocycles. The molecule has 2 aliphatic rings. The van der Waals surface area contributed by atoms with Crippen molar-refractivity contribution >= 4 is 15.9 Å². The quantitative estimate of drug-likeness (QED) is 0.595. The Bertz CT molecular complexity index is 762. The van der Waals surface area contributed by atoms with Crippen LogP contribution in [0.5, 0.6) is 5.75 Å². The molecule has 3 rings (SSSR count). The summed E-state index contributed by atoms with van der Waals surface area (Å²) in [7, 11) is -3.36. The Kier molecular flexibility index (Phi) is 6.86. The Morgan fingerprint density at radius 2 is 1.89 bits per heavy atom. The largest absolute Gasteiger partial charge is 0.484 e. The van der Waals surface area contributed by atoms with E-state index >= 15 is 0 Å². The van der Waals surface area contributed by atoms with E-state index < -0.39 is 10.0 Å². The molecule has 28 heavy (non-hydrogen) atoms. The maximum Gasteiger partial charge on any atom is 0.260 e. The molecule has 1 amide bonds. The lowest BCUT2D eigenvalue weighted by atomic mass is 10.1. The minimum absolute atomic E-state index is 0.162. The third kappa shape index (κ3) is 5.63. The van der Waals surface area contributed by atoms with Gasteiger partial charge in [0.25, 0.3) is 5.91 Å². The van der Waals surface area contributed by atoms with Crippen LogP contribution in [0.2, 0.25) is 0 Å². The SMILES string of the molecule is CS(=O)(=O)N(CCN1CCOCC1)C1CN(C(=O)COc2ccc(F)cc2)C1. The number of ether oxygens (including phenoxy) is 2. The van der Waals surface area contributed by atoms with Gasteiger partial charge in [-0.25, -0.2) is 12.8 Å². The number of amides is 1. The van der Waals surface area contributed by atoms with Gasteiger partial charge in [0.05, 0.1) is 25.5 Å². The molecule has 156 valence electrons. The standard InChI is InChI=1S/C18H26FN3O5S/c1-28(24,25)22(7-6-20-8-10-26-11-9-20)16-12-21(13-16)18(23)14-27-17-4-2-15(19)3-5-17/h2-5,16H,6-14H2,1H3. The van der Waals surface area contributed by atoms with Crippen LogP contribution in [-0.4, -0.2) is 99.8 Å². The average molecular weight is 415 g/mol. The Morgan fingerprint density at radius 1 is 1.25 bits per heavy atom. The van der Waals surface area contributed by atoms with Gasteiger partial charge in [-0.05, 0) is 24.3 Å². The van der Waals surface area contributed by atoms with Gasteiger partial charge in [0.15, 0.2) is 6.61 Å². The van der Waals surface area contributed by atoms with Crippen LogP contribution in [0.15, 0.2) is 24.3 Å². The average Bonchev–Trinajstić information content (AvgIpc) is 2.62. The van der Waals surface area contributed by atoms with Gasteiger partial charge in [-0.1, -0.05) is 0 Å². The van der Waals surface area contributed by atoms with Gasteiger partial charge in [-0.15, -0.1) is 0 Å². The summed E-state index contributed by atoms with van der Waals surface area (Å²) in [5.41, 5.74) is 0. The normalized spacial score (nSPS) is 18.9. The van der Waals surface area contributed by atoms with Gasteiger partial charge in [0.2, 0.25) is 10.0 Å². The molecule has 2 aliphatic heterocycles. The molecule has 2 fully saturated rings. The molecule has 0 unspecified atom stereocenters. The van der Waals surface area contributed by atoms with Crippen molar-refractivity contribution in [2.24, 2.45) is 0 Å². The number of carbonyl (C=O) groups excluding carboxylic acids is 1. The summed E-state index contributed by atoms with van der Waals surface area (Å²) in [5, 5.41) is 0. The smallest absolute Gasteiger partial charge is 0.260 e. The van der Waals surface area contributed by atoms with E-state index in [-0.39, 0.29) is 24.4 Å². The lowest BCUT2D eigenvalue weighted by Crippen LogP contribution is -2.63. The summed E-state index contributed by atoms with van der Waals surface area (Å²) in [6.45, 7) is 4.51. The zero-order valence-electron chi connectivity index (χ0n) is 15.9. The number of sulfonamides is 1. The molecule has 1 aromatic rings. The predicted octanol–water partition coefficient (Wildman–Crippen LogP) is 0.00910. The zero-order chi connectivity index (χ0) is 20.1. The van der Waals surface area contributed by atoms with E-state index in [4.69, 9.17) is 9.47 Å². The van der Waals surface area contributed by atoms with Crippen molar-refractivity contribution in [2.75, 3.05) is 65.3 Å². The zero-order valence-corrected chi connectivity index (χ0v) is 16.7. The van der Waals surface area contributed by atoms with Crippen molar-refractivity contribution < 1.29 is 27.1 Å². The first kappa shape index (κ1) is 21.0. The molecule has 0 saturated carbocycles. The lowest BCUT2D eigenvalue weighted by molar-refractivity contribution is -0.139. The van der Waals surface area contributed by atoms with Gasteiger partial charge in [0.1, 0.15) is 11.6 Å². The Morgan fingerprint density at radius 3 is 2.50 bits per heavy atom. The third-order valence-corrected chi connectivity index (χ3v) is 6.30. The maximum atomic E-state index is 12.9. The molecule has 0 N–H and O–H groups in total. The number of benzene rings is 1. The van der Waals surface area contributed by atoms with Crippen LogP contribution >= 0.6 is 0 Å². The van der Waals surface area contributed by atoms with E-state index in [1.54, 1.807) is 4.90 Å². The van der Waals surface area contributed by atoms with E-state index in [0.717, 1.165) is 13.1 Å². The fourth-order valence-corrected chi connectivity index (χ4v) is 4.38. The van der Waals surface area contributed by atoms with Crippen molar-refractivity contribution in [1.29, 1.82) is 0 Å². The van der Waals surface area contributed by atoms with Crippen LogP contribution in [0.4, 0.5) is 4.39 Å². The highest BCUT2D eigenvalue weighted by Crippen LogP contribution is 2.19. The minimum Gasteiger partial charge on any atom is -0.484 e. The Balaban J connectivity index is 1.46. The number of halogens is 1. The van der Waals surface area contributed by atoms with Crippen LogP contribution in [0.3, 0.4) is 0 Å². The van der Waals surface area contributed by atoms with Crippen molar-refractivity contribution in [3.63, 3.8) is 0 Å². The van der Waals surface area contributed by atoms with Crippen LogP contribution in [0, 0.1) is 5.82 Å². The van der Waals surface area contributed by atoms with Crippen LogP contribution < -0.4 is 4.74 Å². The van der Waals surface area contributed by atoms with E-state index in [9.17, 15) is 17.6 Å².